The van der Waals surface area contributed by atoms with Crippen LogP contribution in [0.2, 0.25) is 0 Å². The predicted octanol–water partition coefficient (Wildman–Crippen LogP) is 2.25. The second-order valence-corrected chi connectivity index (χ2v) is 4.86. The molecule has 0 bridgehead atoms. The molecule has 1 aromatic carbocycles. The molecule has 0 unspecified atom stereocenters. The molecule has 1 N–H and O–H groups in total. The normalized spacial score (nSPS) is 15.8. The molecule has 0 aromatic heterocycles. The quantitative estimate of drug-likeness (QED) is 0.517. The molecule has 0 saturated heterocycles. The Bertz CT molecular complexity index is 524. The van der Waals surface area contributed by atoms with Crippen LogP contribution in [0.25, 0.3) is 0 Å². The van der Waals surface area contributed by atoms with Crippen LogP contribution in [0, 0.1) is 0 Å². The predicted molar refractivity (Wildman–Crippen MR) is 70.1 cm³/mol. The highest BCUT2D eigenvalue weighted by Crippen LogP contribution is 2.17. The number of Topliss-reactive ketones (excluding diaryl/α,β-unsaturated/α-hetero) is 3. The summed E-state index contributed by atoms with van der Waals surface area (Å²) in [5, 5.41) is 2.88. The highest BCUT2D eigenvalue weighted by atomic mass is 79.9. The zero-order chi connectivity index (χ0) is 13.1. The third kappa shape index (κ3) is 2.92. The lowest BCUT2D eigenvalue weighted by molar-refractivity contribution is -0.132. The van der Waals surface area contributed by atoms with Crippen molar-refractivity contribution in [3.63, 3.8) is 0 Å². The maximum absolute atomic E-state index is 11.5. The van der Waals surface area contributed by atoms with Gasteiger partial charge in [0.1, 0.15) is 5.78 Å². The Labute approximate surface area is 112 Å². The monoisotopic (exact) mass is 307 g/mol. The van der Waals surface area contributed by atoms with E-state index in [9.17, 15) is 14.4 Å². The Morgan fingerprint density at radius 1 is 1.00 bits per heavy atom. The lowest BCUT2D eigenvalue weighted by Crippen LogP contribution is -2.26. The van der Waals surface area contributed by atoms with Gasteiger partial charge in [-0.15, -0.1) is 0 Å². The van der Waals surface area contributed by atoms with Crippen LogP contribution in [0.4, 0.5) is 5.69 Å². The van der Waals surface area contributed by atoms with Gasteiger partial charge in [0.15, 0.2) is 11.6 Å². The Kier molecular flexibility index (Phi) is 3.72. The van der Waals surface area contributed by atoms with E-state index in [0.29, 0.717) is 0 Å². The SMILES string of the molecule is O=C1CC(=O)C(=CNc2ccc(Br)cc2)C(=O)C1. The maximum Gasteiger partial charge on any atom is 0.175 e. The first-order chi connectivity index (χ1) is 8.56. The molecular weight excluding hydrogens is 298 g/mol. The third-order valence-corrected chi connectivity index (χ3v) is 3.07. The van der Waals surface area contributed by atoms with Gasteiger partial charge >= 0.3 is 0 Å². The molecule has 4 nitrogen and oxygen atoms in total. The summed E-state index contributed by atoms with van der Waals surface area (Å²) in [6, 6.07) is 7.30. The van der Waals surface area contributed by atoms with Crippen LogP contribution in [-0.4, -0.2) is 17.3 Å². The van der Waals surface area contributed by atoms with Crippen molar-refractivity contribution in [2.45, 2.75) is 12.8 Å². The lowest BCUT2D eigenvalue weighted by atomic mass is 9.92. The number of benzene rings is 1. The summed E-state index contributed by atoms with van der Waals surface area (Å²) in [5.41, 5.74) is 0.834. The van der Waals surface area contributed by atoms with E-state index in [1.165, 1.54) is 6.20 Å². The first kappa shape index (κ1) is 12.7. The van der Waals surface area contributed by atoms with Crippen LogP contribution in [0.3, 0.4) is 0 Å². The molecule has 1 saturated carbocycles. The van der Waals surface area contributed by atoms with Gasteiger partial charge in [-0.2, -0.15) is 0 Å². The molecule has 0 radical (unpaired) electrons. The van der Waals surface area contributed by atoms with Crippen LogP contribution in [-0.2, 0) is 14.4 Å². The number of carbonyl (C=O) groups excluding carboxylic acids is 3. The standard InChI is InChI=1S/C13H10BrNO3/c14-8-1-3-9(4-2-8)15-7-11-12(17)5-10(16)6-13(11)18/h1-4,7,15H,5-6H2. The van der Waals surface area contributed by atoms with Gasteiger partial charge in [0, 0.05) is 16.4 Å². The van der Waals surface area contributed by atoms with E-state index in [-0.39, 0.29) is 24.2 Å². The summed E-state index contributed by atoms with van der Waals surface area (Å²) in [4.78, 5) is 34.1. The van der Waals surface area contributed by atoms with Crippen molar-refractivity contribution in [1.29, 1.82) is 0 Å². The van der Waals surface area contributed by atoms with Crippen molar-refractivity contribution < 1.29 is 14.4 Å². The molecule has 5 heteroatoms. The Hall–Kier alpha value is -1.75. The number of carbonyl (C=O) groups is 3. The van der Waals surface area contributed by atoms with Gasteiger partial charge in [-0.1, -0.05) is 15.9 Å². The molecule has 1 aliphatic rings. The molecule has 1 aromatic rings. The summed E-state index contributed by atoms with van der Waals surface area (Å²) < 4.78 is 0.941. The van der Waals surface area contributed by atoms with E-state index >= 15 is 0 Å². The van der Waals surface area contributed by atoms with E-state index < -0.39 is 11.6 Å². The van der Waals surface area contributed by atoms with Crippen molar-refractivity contribution in [2.24, 2.45) is 0 Å². The van der Waals surface area contributed by atoms with Crippen molar-refractivity contribution in [1.82, 2.24) is 0 Å². The number of hydrogen-bond donors (Lipinski definition) is 1. The molecule has 0 aliphatic heterocycles. The second-order valence-electron chi connectivity index (χ2n) is 3.95. The molecule has 1 aliphatic carbocycles. The minimum absolute atomic E-state index is 0.0671. The number of ketones is 3. The molecule has 0 amide bonds. The highest BCUT2D eigenvalue weighted by molar-refractivity contribution is 9.10. The molecule has 18 heavy (non-hydrogen) atoms. The summed E-state index contributed by atoms with van der Waals surface area (Å²) in [6.45, 7) is 0. The minimum Gasteiger partial charge on any atom is -0.361 e. The van der Waals surface area contributed by atoms with Crippen LogP contribution >= 0.6 is 15.9 Å². The minimum atomic E-state index is -0.416. The van der Waals surface area contributed by atoms with Gasteiger partial charge in [-0.3, -0.25) is 14.4 Å². The van der Waals surface area contributed by atoms with Crippen LogP contribution in [0.1, 0.15) is 12.8 Å². The second kappa shape index (κ2) is 5.27. The summed E-state index contributed by atoms with van der Waals surface area (Å²) >= 11 is 3.31. The topological polar surface area (TPSA) is 63.2 Å². The summed E-state index contributed by atoms with van der Waals surface area (Å²) in [5.74, 6) is -1.15. The smallest absolute Gasteiger partial charge is 0.175 e. The largest absolute Gasteiger partial charge is 0.361 e. The van der Waals surface area contributed by atoms with E-state index in [2.05, 4.69) is 21.2 Å². The number of allylic oxidation sites excluding steroid dienone is 1. The fraction of sp³-hybridized carbons (Fsp3) is 0.154. The van der Waals surface area contributed by atoms with Crippen molar-refractivity contribution in [2.75, 3.05) is 5.32 Å². The van der Waals surface area contributed by atoms with Crippen molar-refractivity contribution >= 4 is 39.0 Å². The molecule has 0 atom stereocenters. The van der Waals surface area contributed by atoms with Crippen molar-refractivity contribution in [3.8, 4) is 0 Å². The van der Waals surface area contributed by atoms with Gasteiger partial charge in [0.05, 0.1) is 18.4 Å². The molecular formula is C13H10BrNO3. The highest BCUT2D eigenvalue weighted by Gasteiger charge is 2.28. The molecule has 2 rings (SSSR count). The van der Waals surface area contributed by atoms with E-state index in [1.54, 1.807) is 0 Å². The van der Waals surface area contributed by atoms with E-state index in [4.69, 9.17) is 0 Å². The molecule has 92 valence electrons. The van der Waals surface area contributed by atoms with Gasteiger partial charge in [-0.25, -0.2) is 0 Å². The average molecular weight is 308 g/mol. The third-order valence-electron chi connectivity index (χ3n) is 2.54. The van der Waals surface area contributed by atoms with Crippen LogP contribution < -0.4 is 5.32 Å². The van der Waals surface area contributed by atoms with Gasteiger partial charge in [0.25, 0.3) is 0 Å². The van der Waals surface area contributed by atoms with Gasteiger partial charge in [-0.05, 0) is 24.3 Å². The van der Waals surface area contributed by atoms with Crippen LogP contribution in [0.15, 0.2) is 40.5 Å². The molecule has 0 heterocycles. The average Bonchev–Trinajstić information content (AvgIpc) is 2.30. The summed E-state index contributed by atoms with van der Waals surface area (Å²) in [6.07, 6.45) is 1.01. The summed E-state index contributed by atoms with van der Waals surface area (Å²) in [7, 11) is 0. The molecule has 1 fully saturated rings. The van der Waals surface area contributed by atoms with Gasteiger partial charge in [0.2, 0.25) is 0 Å². The zero-order valence-corrected chi connectivity index (χ0v) is 11.0. The van der Waals surface area contributed by atoms with E-state index in [1.807, 2.05) is 24.3 Å². The number of anilines is 1. The van der Waals surface area contributed by atoms with Crippen molar-refractivity contribution in [3.05, 3.63) is 40.5 Å². The first-order valence-corrected chi connectivity index (χ1v) is 6.16. The Balaban J connectivity index is 2.13. The maximum atomic E-state index is 11.5. The first-order valence-electron chi connectivity index (χ1n) is 5.36. The number of halogens is 1. The number of rotatable bonds is 2. The zero-order valence-electron chi connectivity index (χ0n) is 9.40. The van der Waals surface area contributed by atoms with Crippen LogP contribution in [0.5, 0.6) is 0 Å². The van der Waals surface area contributed by atoms with E-state index in [0.717, 1.165) is 10.2 Å². The number of hydrogen-bond acceptors (Lipinski definition) is 4. The Morgan fingerprint density at radius 2 is 1.56 bits per heavy atom. The fourth-order valence-corrected chi connectivity index (χ4v) is 1.89. The Morgan fingerprint density at radius 3 is 2.11 bits per heavy atom. The lowest BCUT2D eigenvalue weighted by Gasteiger charge is -2.11. The number of nitrogens with one attached hydrogen (secondary N) is 1. The van der Waals surface area contributed by atoms with Gasteiger partial charge < -0.3 is 5.32 Å². The fourth-order valence-electron chi connectivity index (χ4n) is 1.63. The molecule has 0 spiro atoms.